The Morgan fingerprint density at radius 3 is 2.68 bits per heavy atom. The Bertz CT molecular complexity index is 1470. The van der Waals surface area contributed by atoms with Crippen molar-refractivity contribution in [2.45, 2.75) is 19.3 Å². The number of carbonyl (C=O) groups is 2. The topological polar surface area (TPSA) is 94.8 Å². The van der Waals surface area contributed by atoms with E-state index in [2.05, 4.69) is 9.97 Å². The highest BCUT2D eigenvalue weighted by Crippen LogP contribution is 2.38. The fourth-order valence-corrected chi connectivity index (χ4v) is 4.86. The molecule has 1 amide bonds. The predicted molar refractivity (Wildman–Crippen MR) is 140 cm³/mol. The first kappa shape index (κ1) is 25.0. The second-order valence-corrected chi connectivity index (χ2v) is 9.36. The molecule has 0 saturated carbocycles. The Kier molecular flexibility index (Phi) is 7.30. The van der Waals surface area contributed by atoms with E-state index in [0.29, 0.717) is 68.8 Å². The Morgan fingerprint density at radius 2 is 1.95 bits per heavy atom. The molecule has 1 aliphatic heterocycles. The van der Waals surface area contributed by atoms with E-state index in [1.54, 1.807) is 11.0 Å². The van der Waals surface area contributed by atoms with Crippen molar-refractivity contribution in [3.05, 3.63) is 70.1 Å². The summed E-state index contributed by atoms with van der Waals surface area (Å²) in [5.74, 6) is 1.26. The number of rotatable bonds is 9. The molecule has 3 aromatic heterocycles. The van der Waals surface area contributed by atoms with Gasteiger partial charge in [0.25, 0.3) is 5.88 Å². The average molecular weight is 540 g/mol. The summed E-state index contributed by atoms with van der Waals surface area (Å²) in [6, 6.07) is 9.21. The average Bonchev–Trinajstić information content (AvgIpc) is 3.52. The van der Waals surface area contributed by atoms with Gasteiger partial charge in [0.05, 0.1) is 29.3 Å². The van der Waals surface area contributed by atoms with Gasteiger partial charge in [-0.1, -0.05) is 35.3 Å². The third kappa shape index (κ3) is 5.12. The summed E-state index contributed by atoms with van der Waals surface area (Å²) in [4.78, 5) is 35.2. The molecule has 1 fully saturated rings. The molecule has 0 unspecified atom stereocenters. The molecule has 190 valence electrons. The van der Waals surface area contributed by atoms with Crippen LogP contribution in [-0.4, -0.2) is 53.4 Å². The number of fused-ring (bicyclic) bond motifs is 1. The van der Waals surface area contributed by atoms with Crippen molar-refractivity contribution in [1.82, 2.24) is 14.9 Å². The maximum Gasteiger partial charge on any atom is 0.258 e. The van der Waals surface area contributed by atoms with E-state index in [9.17, 15) is 9.59 Å². The van der Waals surface area contributed by atoms with Crippen molar-refractivity contribution in [3.63, 3.8) is 0 Å². The largest absolute Gasteiger partial charge is 0.491 e. The van der Waals surface area contributed by atoms with Crippen LogP contribution in [0.1, 0.15) is 28.8 Å². The van der Waals surface area contributed by atoms with Crippen LogP contribution in [0.25, 0.3) is 22.3 Å². The summed E-state index contributed by atoms with van der Waals surface area (Å²) in [6.45, 7) is 1.63. The standard InChI is InChI=1S/C27H23Cl2N3O5/c1-35-27-26-17(19(13-31-27)22(33)11-18-20(28)14-30-15-21(18)29)12-24(37-26)16-5-2-3-6-23(16)36-10-9-32-8-4-7-25(32)34/h2-3,5-6,12-15H,4,7-11H2,1H3. The number of Topliss-reactive ketones (excluding diaryl/α,β-unsaturated/α-hetero) is 1. The van der Waals surface area contributed by atoms with Gasteiger partial charge in [0, 0.05) is 54.5 Å². The van der Waals surface area contributed by atoms with Crippen LogP contribution in [0.15, 0.2) is 53.3 Å². The van der Waals surface area contributed by atoms with Gasteiger partial charge in [-0.05, 0) is 24.6 Å². The molecule has 1 aromatic carbocycles. The van der Waals surface area contributed by atoms with Gasteiger partial charge in [0.1, 0.15) is 18.1 Å². The van der Waals surface area contributed by atoms with Gasteiger partial charge in [-0.2, -0.15) is 0 Å². The van der Waals surface area contributed by atoms with Crippen molar-refractivity contribution < 1.29 is 23.5 Å². The van der Waals surface area contributed by atoms with E-state index in [1.807, 2.05) is 24.3 Å². The van der Waals surface area contributed by atoms with Crippen LogP contribution in [0.2, 0.25) is 10.0 Å². The summed E-state index contributed by atoms with van der Waals surface area (Å²) < 4.78 is 17.6. The lowest BCUT2D eigenvalue weighted by atomic mass is 10.0. The molecular formula is C27H23Cl2N3O5. The van der Waals surface area contributed by atoms with E-state index in [-0.39, 0.29) is 24.0 Å². The van der Waals surface area contributed by atoms with Gasteiger partial charge in [-0.25, -0.2) is 4.98 Å². The van der Waals surface area contributed by atoms with E-state index < -0.39 is 0 Å². The van der Waals surface area contributed by atoms with E-state index >= 15 is 0 Å². The quantitative estimate of drug-likeness (QED) is 0.254. The molecule has 0 aliphatic carbocycles. The van der Waals surface area contributed by atoms with Crippen LogP contribution in [0.5, 0.6) is 11.6 Å². The number of para-hydroxylation sites is 1. The Morgan fingerprint density at radius 1 is 1.16 bits per heavy atom. The zero-order valence-electron chi connectivity index (χ0n) is 20.0. The van der Waals surface area contributed by atoms with Gasteiger partial charge in [0.2, 0.25) is 5.91 Å². The summed E-state index contributed by atoms with van der Waals surface area (Å²) in [5, 5.41) is 1.17. The number of carbonyl (C=O) groups excluding carboxylic acids is 2. The highest BCUT2D eigenvalue weighted by atomic mass is 35.5. The number of methoxy groups -OCH3 is 1. The molecule has 1 saturated heterocycles. The minimum absolute atomic E-state index is 0.0290. The molecular weight excluding hydrogens is 517 g/mol. The van der Waals surface area contributed by atoms with Crippen molar-refractivity contribution in [2.24, 2.45) is 0 Å². The molecule has 0 bridgehead atoms. The molecule has 37 heavy (non-hydrogen) atoms. The normalized spacial score (nSPS) is 13.4. The molecule has 5 rings (SSSR count). The van der Waals surface area contributed by atoms with E-state index in [0.717, 1.165) is 13.0 Å². The van der Waals surface area contributed by atoms with E-state index in [1.165, 1.54) is 25.7 Å². The Balaban J connectivity index is 1.46. The van der Waals surface area contributed by atoms with Crippen LogP contribution in [0.4, 0.5) is 0 Å². The number of ether oxygens (including phenoxy) is 2. The summed E-state index contributed by atoms with van der Waals surface area (Å²) >= 11 is 12.5. The first-order valence-electron chi connectivity index (χ1n) is 11.7. The number of likely N-dealkylation sites (tertiary alicyclic amines) is 1. The fraction of sp³-hybridized carbons (Fsp3) is 0.259. The lowest BCUT2D eigenvalue weighted by Crippen LogP contribution is -2.29. The number of amides is 1. The van der Waals surface area contributed by atoms with Crippen molar-refractivity contribution in [3.8, 4) is 23.0 Å². The van der Waals surface area contributed by atoms with Gasteiger partial charge >= 0.3 is 0 Å². The number of pyridine rings is 2. The Hall–Kier alpha value is -3.62. The molecule has 0 spiro atoms. The zero-order valence-corrected chi connectivity index (χ0v) is 21.5. The summed E-state index contributed by atoms with van der Waals surface area (Å²) in [5.41, 5.74) is 1.88. The smallest absolute Gasteiger partial charge is 0.258 e. The third-order valence-electron chi connectivity index (χ3n) is 6.25. The zero-order chi connectivity index (χ0) is 25.9. The molecule has 8 nitrogen and oxygen atoms in total. The maximum absolute atomic E-state index is 13.3. The number of nitrogens with zero attached hydrogens (tertiary/aromatic N) is 3. The molecule has 4 heterocycles. The third-order valence-corrected chi connectivity index (χ3v) is 6.90. The fourth-order valence-electron chi connectivity index (χ4n) is 4.37. The van der Waals surface area contributed by atoms with Crippen LogP contribution in [0, 0.1) is 0 Å². The number of benzene rings is 1. The number of hydrogen-bond donors (Lipinski definition) is 0. The molecule has 4 aromatic rings. The summed E-state index contributed by atoms with van der Waals surface area (Å²) in [7, 11) is 1.48. The monoisotopic (exact) mass is 539 g/mol. The number of hydrogen-bond acceptors (Lipinski definition) is 7. The lowest BCUT2D eigenvalue weighted by molar-refractivity contribution is -0.128. The number of furan rings is 1. The van der Waals surface area contributed by atoms with Crippen LogP contribution in [0.3, 0.4) is 0 Å². The minimum Gasteiger partial charge on any atom is -0.491 e. The summed E-state index contributed by atoms with van der Waals surface area (Å²) in [6.07, 6.45) is 5.80. The number of halogens is 2. The molecule has 0 N–H and O–H groups in total. The van der Waals surface area contributed by atoms with Crippen LogP contribution < -0.4 is 9.47 Å². The maximum atomic E-state index is 13.3. The van der Waals surface area contributed by atoms with E-state index in [4.69, 9.17) is 37.1 Å². The van der Waals surface area contributed by atoms with Crippen molar-refractivity contribution >= 4 is 45.9 Å². The van der Waals surface area contributed by atoms with Crippen LogP contribution >= 0.6 is 23.2 Å². The molecule has 0 radical (unpaired) electrons. The SMILES string of the molecule is COc1ncc(C(=O)Cc2c(Cl)cncc2Cl)c2cc(-c3ccccc3OCCN3CCCC3=O)oc12. The Labute approximate surface area is 223 Å². The molecule has 10 heteroatoms. The van der Waals surface area contributed by atoms with Crippen molar-refractivity contribution in [1.29, 1.82) is 0 Å². The van der Waals surface area contributed by atoms with Gasteiger partial charge in [-0.3, -0.25) is 14.6 Å². The number of aromatic nitrogens is 2. The predicted octanol–water partition coefficient (Wildman–Crippen LogP) is 5.63. The minimum atomic E-state index is -0.234. The highest BCUT2D eigenvalue weighted by Gasteiger charge is 2.23. The highest BCUT2D eigenvalue weighted by molar-refractivity contribution is 6.36. The molecule has 1 aliphatic rings. The van der Waals surface area contributed by atoms with Gasteiger partial charge in [-0.15, -0.1) is 0 Å². The van der Waals surface area contributed by atoms with Crippen molar-refractivity contribution in [2.75, 3.05) is 26.8 Å². The first-order valence-corrected chi connectivity index (χ1v) is 12.5. The second-order valence-electron chi connectivity index (χ2n) is 8.55. The number of ketones is 1. The van der Waals surface area contributed by atoms with Crippen LogP contribution in [-0.2, 0) is 11.2 Å². The first-order chi connectivity index (χ1) is 18.0. The van der Waals surface area contributed by atoms with Gasteiger partial charge in [0.15, 0.2) is 11.4 Å². The second kappa shape index (κ2) is 10.8. The van der Waals surface area contributed by atoms with Gasteiger partial charge < -0.3 is 18.8 Å². The lowest BCUT2D eigenvalue weighted by Gasteiger charge is -2.16. The molecule has 0 atom stereocenters.